The SMILES string of the molecule is COc1ccc(C(=O)N2CCN(CC3CN(C(=O)c4ccc(Cl)c(Cl)c4)CCO3)CC2)cc1. The standard InChI is InChI=1S/C24H27Cl2N3O4/c1-32-19-5-2-17(3-6-19)23(30)28-10-8-27(9-11-28)15-20-16-29(12-13-33-20)24(31)18-4-7-21(25)22(26)14-18/h2-7,14,20H,8-13,15-16H2,1H3. The van der Waals surface area contributed by atoms with Gasteiger partial charge in [0.15, 0.2) is 0 Å². The second-order valence-electron chi connectivity index (χ2n) is 8.19. The van der Waals surface area contributed by atoms with Crippen molar-refractivity contribution >= 4 is 35.0 Å². The van der Waals surface area contributed by atoms with Gasteiger partial charge >= 0.3 is 0 Å². The summed E-state index contributed by atoms with van der Waals surface area (Å²) in [5.74, 6) is 0.692. The molecule has 0 aliphatic carbocycles. The van der Waals surface area contributed by atoms with Crippen LogP contribution in [0, 0.1) is 0 Å². The fourth-order valence-corrected chi connectivity index (χ4v) is 4.46. The molecule has 33 heavy (non-hydrogen) atoms. The minimum Gasteiger partial charge on any atom is -0.497 e. The molecule has 2 heterocycles. The molecule has 176 valence electrons. The molecule has 0 saturated carbocycles. The minimum absolute atomic E-state index is 0.0321. The van der Waals surface area contributed by atoms with Crippen molar-refractivity contribution in [3.8, 4) is 5.75 Å². The molecule has 0 N–H and O–H groups in total. The predicted molar refractivity (Wildman–Crippen MR) is 127 cm³/mol. The second-order valence-corrected chi connectivity index (χ2v) is 9.01. The smallest absolute Gasteiger partial charge is 0.254 e. The summed E-state index contributed by atoms with van der Waals surface area (Å²) < 4.78 is 11.1. The van der Waals surface area contributed by atoms with Gasteiger partial charge in [-0.25, -0.2) is 0 Å². The third-order valence-electron chi connectivity index (χ3n) is 6.05. The first kappa shape index (κ1) is 23.8. The third kappa shape index (κ3) is 5.79. The van der Waals surface area contributed by atoms with Gasteiger partial charge in [-0.05, 0) is 42.5 Å². The normalized spacial score (nSPS) is 19.4. The average molecular weight is 492 g/mol. The Kier molecular flexibility index (Phi) is 7.75. The lowest BCUT2D eigenvalue weighted by Gasteiger charge is -2.39. The third-order valence-corrected chi connectivity index (χ3v) is 6.79. The maximum atomic E-state index is 12.9. The summed E-state index contributed by atoms with van der Waals surface area (Å²) in [6.45, 7) is 5.12. The van der Waals surface area contributed by atoms with E-state index in [0.29, 0.717) is 54.0 Å². The molecule has 2 saturated heterocycles. The number of amides is 2. The highest BCUT2D eigenvalue weighted by Crippen LogP contribution is 2.24. The van der Waals surface area contributed by atoms with E-state index in [1.807, 2.05) is 4.90 Å². The number of benzene rings is 2. The first-order valence-electron chi connectivity index (χ1n) is 11.0. The number of morpholine rings is 1. The zero-order valence-electron chi connectivity index (χ0n) is 18.5. The molecule has 1 unspecified atom stereocenters. The number of hydrogen-bond acceptors (Lipinski definition) is 5. The van der Waals surface area contributed by atoms with Crippen molar-refractivity contribution in [2.24, 2.45) is 0 Å². The van der Waals surface area contributed by atoms with Crippen molar-refractivity contribution in [3.05, 3.63) is 63.6 Å². The Bertz CT molecular complexity index is 994. The Morgan fingerprint density at radius 1 is 0.909 bits per heavy atom. The van der Waals surface area contributed by atoms with Crippen LogP contribution in [0.15, 0.2) is 42.5 Å². The molecule has 2 aliphatic heterocycles. The molecule has 2 amide bonds. The fraction of sp³-hybridized carbons (Fsp3) is 0.417. The number of piperazine rings is 1. The van der Waals surface area contributed by atoms with E-state index in [4.69, 9.17) is 32.7 Å². The molecule has 2 fully saturated rings. The number of hydrogen-bond donors (Lipinski definition) is 0. The van der Waals surface area contributed by atoms with Crippen LogP contribution in [0.1, 0.15) is 20.7 Å². The molecule has 2 aliphatic rings. The highest BCUT2D eigenvalue weighted by molar-refractivity contribution is 6.42. The van der Waals surface area contributed by atoms with Crippen LogP contribution in [0.3, 0.4) is 0 Å². The van der Waals surface area contributed by atoms with E-state index in [9.17, 15) is 9.59 Å². The van der Waals surface area contributed by atoms with Gasteiger partial charge in [-0.1, -0.05) is 23.2 Å². The van der Waals surface area contributed by atoms with Gasteiger partial charge in [0, 0.05) is 56.9 Å². The lowest BCUT2D eigenvalue weighted by molar-refractivity contribution is -0.0399. The summed E-state index contributed by atoms with van der Waals surface area (Å²) in [6, 6.07) is 12.1. The molecule has 0 spiro atoms. The highest BCUT2D eigenvalue weighted by atomic mass is 35.5. The second kappa shape index (κ2) is 10.7. The number of carbonyl (C=O) groups is 2. The van der Waals surface area contributed by atoms with Crippen molar-refractivity contribution in [2.75, 3.05) is 59.5 Å². The number of carbonyl (C=O) groups excluding carboxylic acids is 2. The van der Waals surface area contributed by atoms with E-state index in [0.717, 1.165) is 25.4 Å². The summed E-state index contributed by atoms with van der Waals surface area (Å²) in [5.41, 5.74) is 1.19. The van der Waals surface area contributed by atoms with Crippen molar-refractivity contribution in [2.45, 2.75) is 6.10 Å². The van der Waals surface area contributed by atoms with E-state index in [1.165, 1.54) is 0 Å². The largest absolute Gasteiger partial charge is 0.497 e. The van der Waals surface area contributed by atoms with Crippen LogP contribution in [0.25, 0.3) is 0 Å². The van der Waals surface area contributed by atoms with E-state index in [2.05, 4.69) is 4.90 Å². The summed E-state index contributed by atoms with van der Waals surface area (Å²) in [7, 11) is 1.61. The molecular weight excluding hydrogens is 465 g/mol. The van der Waals surface area contributed by atoms with E-state index < -0.39 is 0 Å². The van der Waals surface area contributed by atoms with E-state index >= 15 is 0 Å². The van der Waals surface area contributed by atoms with Crippen LogP contribution >= 0.6 is 23.2 Å². The number of rotatable bonds is 5. The number of halogens is 2. The minimum atomic E-state index is -0.0747. The van der Waals surface area contributed by atoms with Gasteiger partial charge in [0.05, 0.1) is 29.9 Å². The van der Waals surface area contributed by atoms with Gasteiger partial charge in [-0.2, -0.15) is 0 Å². The lowest BCUT2D eigenvalue weighted by atomic mass is 10.1. The maximum Gasteiger partial charge on any atom is 0.254 e. The van der Waals surface area contributed by atoms with Crippen molar-refractivity contribution in [1.82, 2.24) is 14.7 Å². The monoisotopic (exact) mass is 491 g/mol. The van der Waals surface area contributed by atoms with Gasteiger partial charge in [0.25, 0.3) is 11.8 Å². The average Bonchev–Trinajstić information content (AvgIpc) is 2.85. The van der Waals surface area contributed by atoms with Gasteiger partial charge in [-0.3, -0.25) is 14.5 Å². The molecule has 9 heteroatoms. The Morgan fingerprint density at radius 2 is 1.58 bits per heavy atom. The van der Waals surface area contributed by atoms with Crippen LogP contribution in [-0.2, 0) is 4.74 Å². The molecule has 1 atom stereocenters. The van der Waals surface area contributed by atoms with Crippen molar-refractivity contribution < 1.29 is 19.1 Å². The topological polar surface area (TPSA) is 62.3 Å². The van der Waals surface area contributed by atoms with E-state index in [1.54, 1.807) is 54.5 Å². The van der Waals surface area contributed by atoms with E-state index in [-0.39, 0.29) is 17.9 Å². The molecular formula is C24H27Cl2N3O4. The number of ether oxygens (including phenoxy) is 2. The van der Waals surface area contributed by atoms with Gasteiger partial charge in [0.2, 0.25) is 0 Å². The fourth-order valence-electron chi connectivity index (χ4n) is 4.16. The Hall–Kier alpha value is -2.32. The summed E-state index contributed by atoms with van der Waals surface area (Å²) >= 11 is 12.0. The lowest BCUT2D eigenvalue weighted by Crippen LogP contribution is -2.54. The first-order valence-corrected chi connectivity index (χ1v) is 11.7. The van der Waals surface area contributed by atoms with Gasteiger partial charge in [0.1, 0.15) is 5.75 Å². The Labute approximate surface area is 203 Å². The highest BCUT2D eigenvalue weighted by Gasteiger charge is 2.29. The zero-order chi connectivity index (χ0) is 23.4. The van der Waals surface area contributed by atoms with Crippen LogP contribution < -0.4 is 4.74 Å². The molecule has 2 aromatic rings. The van der Waals surface area contributed by atoms with Crippen molar-refractivity contribution in [3.63, 3.8) is 0 Å². The molecule has 4 rings (SSSR count). The van der Waals surface area contributed by atoms with Crippen LogP contribution in [0.5, 0.6) is 5.75 Å². The number of nitrogens with zero attached hydrogens (tertiary/aromatic N) is 3. The molecule has 2 aromatic carbocycles. The molecule has 0 radical (unpaired) electrons. The quantitative estimate of drug-likeness (QED) is 0.641. The zero-order valence-corrected chi connectivity index (χ0v) is 20.0. The maximum absolute atomic E-state index is 12.9. The van der Waals surface area contributed by atoms with Crippen LogP contribution in [0.2, 0.25) is 10.0 Å². The Balaban J connectivity index is 1.28. The first-order chi connectivity index (χ1) is 15.9. The molecule has 0 aromatic heterocycles. The van der Waals surface area contributed by atoms with Crippen molar-refractivity contribution in [1.29, 1.82) is 0 Å². The van der Waals surface area contributed by atoms with Crippen LogP contribution in [-0.4, -0.2) is 92.1 Å². The predicted octanol–water partition coefficient (Wildman–Crippen LogP) is 3.30. The Morgan fingerprint density at radius 3 is 2.24 bits per heavy atom. The summed E-state index contributed by atoms with van der Waals surface area (Å²) in [4.78, 5) is 31.6. The van der Waals surface area contributed by atoms with Crippen LogP contribution in [0.4, 0.5) is 0 Å². The molecule has 0 bridgehead atoms. The van der Waals surface area contributed by atoms with Gasteiger partial charge in [-0.15, -0.1) is 0 Å². The summed E-state index contributed by atoms with van der Waals surface area (Å²) in [6.07, 6.45) is -0.0747. The number of methoxy groups -OCH3 is 1. The summed E-state index contributed by atoms with van der Waals surface area (Å²) in [5, 5.41) is 0.798. The molecule has 7 nitrogen and oxygen atoms in total. The van der Waals surface area contributed by atoms with Gasteiger partial charge < -0.3 is 19.3 Å².